The highest BCUT2D eigenvalue weighted by Crippen LogP contribution is 2.36. The average Bonchev–Trinajstić information content (AvgIpc) is 2.84. The van der Waals surface area contributed by atoms with E-state index in [1.807, 2.05) is 6.07 Å². The molecule has 0 saturated carbocycles. The predicted molar refractivity (Wildman–Crippen MR) is 57.8 cm³/mol. The van der Waals surface area contributed by atoms with Crippen LogP contribution in [0, 0.1) is 0 Å². The summed E-state index contributed by atoms with van der Waals surface area (Å²) in [7, 11) is 2.10. The van der Waals surface area contributed by atoms with Gasteiger partial charge in [-0.15, -0.1) is 0 Å². The molecule has 15 heavy (non-hydrogen) atoms. The predicted octanol–water partition coefficient (Wildman–Crippen LogP) is 2.09. The van der Waals surface area contributed by atoms with E-state index < -0.39 is 0 Å². The van der Waals surface area contributed by atoms with E-state index in [1.54, 1.807) is 0 Å². The molecule has 0 unspecified atom stereocenters. The Morgan fingerprint density at radius 3 is 2.87 bits per heavy atom. The van der Waals surface area contributed by atoms with Crippen LogP contribution in [-0.2, 0) is 0 Å². The molecule has 0 atom stereocenters. The molecule has 1 aromatic rings. The molecule has 0 N–H and O–H groups in total. The van der Waals surface area contributed by atoms with E-state index in [2.05, 4.69) is 30.3 Å². The molecule has 0 bridgehead atoms. The summed E-state index contributed by atoms with van der Waals surface area (Å²) in [5, 5.41) is 0. The quantitative estimate of drug-likeness (QED) is 0.697. The summed E-state index contributed by atoms with van der Waals surface area (Å²) in [6.45, 7) is 1.45. The maximum absolute atomic E-state index is 5.36. The molecule has 0 aromatic heterocycles. The van der Waals surface area contributed by atoms with Gasteiger partial charge in [-0.25, -0.2) is 0 Å². The van der Waals surface area contributed by atoms with E-state index in [4.69, 9.17) is 9.47 Å². The van der Waals surface area contributed by atoms with Gasteiger partial charge in [0, 0.05) is 19.8 Å². The van der Waals surface area contributed by atoms with Crippen LogP contribution in [0.1, 0.15) is 12.0 Å². The number of benzene rings is 1. The van der Waals surface area contributed by atoms with Gasteiger partial charge in [0.05, 0.1) is 0 Å². The molecule has 0 spiro atoms. The van der Waals surface area contributed by atoms with Crippen molar-refractivity contribution in [3.63, 3.8) is 0 Å². The molecule has 0 aliphatic carbocycles. The molecule has 78 valence electrons. The molecule has 2 aliphatic rings. The first-order valence-corrected chi connectivity index (χ1v) is 5.14. The van der Waals surface area contributed by atoms with E-state index in [9.17, 15) is 0 Å². The van der Waals surface area contributed by atoms with Crippen molar-refractivity contribution in [2.24, 2.45) is 0 Å². The second-order valence-corrected chi connectivity index (χ2v) is 3.95. The van der Waals surface area contributed by atoms with Gasteiger partial charge in [-0.05, 0) is 29.7 Å². The summed E-state index contributed by atoms with van der Waals surface area (Å²) in [6, 6.07) is 6.14. The first-order chi connectivity index (χ1) is 7.33. The molecule has 2 heterocycles. The molecular weight excluding hydrogens is 190 g/mol. The van der Waals surface area contributed by atoms with E-state index in [0.29, 0.717) is 6.79 Å². The molecule has 2 aliphatic heterocycles. The van der Waals surface area contributed by atoms with Crippen molar-refractivity contribution in [2.45, 2.75) is 6.42 Å². The summed E-state index contributed by atoms with van der Waals surface area (Å²) >= 11 is 0. The van der Waals surface area contributed by atoms with Crippen LogP contribution in [0.25, 0.3) is 5.57 Å². The van der Waals surface area contributed by atoms with Crippen molar-refractivity contribution in [1.29, 1.82) is 0 Å². The van der Waals surface area contributed by atoms with Gasteiger partial charge >= 0.3 is 0 Å². The molecule has 0 amide bonds. The molecule has 3 rings (SSSR count). The zero-order chi connectivity index (χ0) is 10.3. The topological polar surface area (TPSA) is 21.7 Å². The van der Waals surface area contributed by atoms with Crippen LogP contribution in [0.5, 0.6) is 11.5 Å². The fraction of sp³-hybridized carbons (Fsp3) is 0.333. The SMILES string of the molecule is CN1C=C(c2ccc3c(c2)OCO3)CC1. The van der Waals surface area contributed by atoms with Gasteiger partial charge in [-0.2, -0.15) is 0 Å². The van der Waals surface area contributed by atoms with Crippen LogP contribution < -0.4 is 9.47 Å². The minimum atomic E-state index is 0.345. The Balaban J connectivity index is 1.96. The molecular formula is C12H13NO2. The monoisotopic (exact) mass is 203 g/mol. The highest BCUT2D eigenvalue weighted by Gasteiger charge is 2.16. The van der Waals surface area contributed by atoms with Crippen LogP contribution >= 0.6 is 0 Å². The fourth-order valence-electron chi connectivity index (χ4n) is 2.01. The van der Waals surface area contributed by atoms with E-state index in [1.165, 1.54) is 11.1 Å². The van der Waals surface area contributed by atoms with Crippen LogP contribution in [-0.4, -0.2) is 25.3 Å². The van der Waals surface area contributed by atoms with E-state index in [-0.39, 0.29) is 0 Å². The Labute approximate surface area is 88.9 Å². The Morgan fingerprint density at radius 1 is 1.20 bits per heavy atom. The lowest BCUT2D eigenvalue weighted by atomic mass is 10.1. The summed E-state index contributed by atoms with van der Waals surface area (Å²) in [5.41, 5.74) is 2.61. The first-order valence-electron chi connectivity index (χ1n) is 5.14. The van der Waals surface area contributed by atoms with Gasteiger partial charge in [-0.3, -0.25) is 0 Å². The summed E-state index contributed by atoms with van der Waals surface area (Å²) < 4.78 is 10.6. The minimum Gasteiger partial charge on any atom is -0.454 e. The summed E-state index contributed by atoms with van der Waals surface area (Å²) in [5.74, 6) is 1.72. The molecule has 0 saturated heterocycles. The zero-order valence-electron chi connectivity index (χ0n) is 8.69. The van der Waals surface area contributed by atoms with Gasteiger partial charge in [-0.1, -0.05) is 6.07 Å². The van der Waals surface area contributed by atoms with Gasteiger partial charge in [0.2, 0.25) is 6.79 Å². The maximum atomic E-state index is 5.36. The van der Waals surface area contributed by atoms with E-state index >= 15 is 0 Å². The number of hydrogen-bond donors (Lipinski definition) is 0. The van der Waals surface area contributed by atoms with Crippen molar-refractivity contribution in [3.05, 3.63) is 30.0 Å². The van der Waals surface area contributed by atoms with Crippen LogP contribution in [0.4, 0.5) is 0 Å². The van der Waals surface area contributed by atoms with Crippen molar-refractivity contribution in [3.8, 4) is 11.5 Å². The third kappa shape index (κ3) is 1.44. The van der Waals surface area contributed by atoms with Gasteiger partial charge in [0.15, 0.2) is 11.5 Å². The lowest BCUT2D eigenvalue weighted by Gasteiger charge is -2.03. The molecule has 0 fully saturated rings. The number of nitrogens with zero attached hydrogens (tertiary/aromatic N) is 1. The van der Waals surface area contributed by atoms with Crippen molar-refractivity contribution in [2.75, 3.05) is 20.4 Å². The van der Waals surface area contributed by atoms with Crippen LogP contribution in [0.3, 0.4) is 0 Å². The number of fused-ring (bicyclic) bond motifs is 1. The second kappa shape index (κ2) is 3.19. The Bertz CT molecular complexity index is 426. The second-order valence-electron chi connectivity index (χ2n) is 3.95. The molecule has 1 aromatic carbocycles. The van der Waals surface area contributed by atoms with Crippen LogP contribution in [0.2, 0.25) is 0 Å². The van der Waals surface area contributed by atoms with Gasteiger partial charge in [0.1, 0.15) is 0 Å². The maximum Gasteiger partial charge on any atom is 0.231 e. The fourth-order valence-corrected chi connectivity index (χ4v) is 2.01. The highest BCUT2D eigenvalue weighted by molar-refractivity contribution is 5.69. The third-order valence-electron chi connectivity index (χ3n) is 2.85. The third-order valence-corrected chi connectivity index (χ3v) is 2.85. The highest BCUT2D eigenvalue weighted by atomic mass is 16.7. The standard InChI is InChI=1S/C12H13NO2/c1-13-5-4-10(7-13)9-2-3-11-12(6-9)15-8-14-11/h2-3,6-7H,4-5,8H2,1H3. The summed E-state index contributed by atoms with van der Waals surface area (Å²) in [6.07, 6.45) is 3.30. The number of ether oxygens (including phenoxy) is 2. The average molecular weight is 203 g/mol. The summed E-state index contributed by atoms with van der Waals surface area (Å²) in [4.78, 5) is 2.21. The molecule has 0 radical (unpaired) electrons. The number of rotatable bonds is 1. The number of hydrogen-bond acceptors (Lipinski definition) is 3. The Kier molecular flexibility index (Phi) is 1.84. The zero-order valence-corrected chi connectivity index (χ0v) is 8.69. The molecule has 3 nitrogen and oxygen atoms in total. The van der Waals surface area contributed by atoms with Crippen molar-refractivity contribution in [1.82, 2.24) is 4.90 Å². The van der Waals surface area contributed by atoms with Crippen molar-refractivity contribution < 1.29 is 9.47 Å². The Morgan fingerprint density at radius 2 is 2.07 bits per heavy atom. The largest absolute Gasteiger partial charge is 0.454 e. The van der Waals surface area contributed by atoms with Crippen molar-refractivity contribution >= 4 is 5.57 Å². The lowest BCUT2D eigenvalue weighted by Crippen LogP contribution is -2.04. The first kappa shape index (κ1) is 8.65. The van der Waals surface area contributed by atoms with E-state index in [0.717, 1.165) is 24.5 Å². The smallest absolute Gasteiger partial charge is 0.231 e. The Hall–Kier alpha value is -1.64. The minimum absolute atomic E-state index is 0.345. The lowest BCUT2D eigenvalue weighted by molar-refractivity contribution is 0.174. The normalized spacial score (nSPS) is 18.2. The van der Waals surface area contributed by atoms with Crippen LogP contribution in [0.15, 0.2) is 24.4 Å². The molecule has 3 heteroatoms. The van der Waals surface area contributed by atoms with Gasteiger partial charge in [0.25, 0.3) is 0 Å². The van der Waals surface area contributed by atoms with Gasteiger partial charge < -0.3 is 14.4 Å².